The van der Waals surface area contributed by atoms with Gasteiger partial charge in [0.15, 0.2) is 0 Å². The molecule has 3 N–H and O–H groups in total. The molecule has 2 rings (SSSR count). The van der Waals surface area contributed by atoms with Crippen LogP contribution in [0.25, 0.3) is 0 Å². The molecule has 2 aromatic rings. The van der Waals surface area contributed by atoms with Gasteiger partial charge in [-0.1, -0.05) is 42.5 Å². The van der Waals surface area contributed by atoms with Gasteiger partial charge >= 0.3 is 0 Å². The molecule has 3 nitrogen and oxygen atoms in total. The standard InChI is InChI=1S/C18H23NO2/c1-14(6-5-13-20)19-18(15-7-3-2-4-8-15)16-9-11-17(21)12-10-16/h2-4,7-12,14,18-21H,5-6,13H2,1H3. The van der Waals surface area contributed by atoms with Crippen molar-refractivity contribution in [3.8, 4) is 5.75 Å². The Morgan fingerprint density at radius 2 is 1.57 bits per heavy atom. The van der Waals surface area contributed by atoms with Crippen molar-refractivity contribution < 1.29 is 10.2 Å². The number of phenolic OH excluding ortho intramolecular Hbond substituents is 1. The minimum Gasteiger partial charge on any atom is -0.508 e. The Kier molecular flexibility index (Phi) is 5.78. The molecule has 0 aliphatic rings. The van der Waals surface area contributed by atoms with Gasteiger partial charge in [-0.2, -0.15) is 0 Å². The predicted octanol–water partition coefficient (Wildman–Crippen LogP) is 3.23. The van der Waals surface area contributed by atoms with Crippen LogP contribution in [-0.4, -0.2) is 22.9 Å². The molecule has 0 radical (unpaired) electrons. The highest BCUT2D eigenvalue weighted by molar-refractivity contribution is 5.35. The first-order valence-electron chi connectivity index (χ1n) is 7.41. The summed E-state index contributed by atoms with van der Waals surface area (Å²) in [6, 6.07) is 18.0. The van der Waals surface area contributed by atoms with Crippen molar-refractivity contribution in [1.82, 2.24) is 5.32 Å². The highest BCUT2D eigenvalue weighted by atomic mass is 16.3. The third-order valence-corrected chi connectivity index (χ3v) is 3.61. The van der Waals surface area contributed by atoms with Gasteiger partial charge in [0.05, 0.1) is 6.04 Å². The molecule has 0 saturated heterocycles. The lowest BCUT2D eigenvalue weighted by Crippen LogP contribution is -2.31. The van der Waals surface area contributed by atoms with Crippen LogP contribution in [0, 0.1) is 0 Å². The fourth-order valence-electron chi connectivity index (χ4n) is 2.46. The van der Waals surface area contributed by atoms with Crippen LogP contribution in [0.5, 0.6) is 5.75 Å². The van der Waals surface area contributed by atoms with Crippen LogP contribution >= 0.6 is 0 Å². The summed E-state index contributed by atoms with van der Waals surface area (Å²) in [5.41, 5.74) is 2.31. The van der Waals surface area contributed by atoms with E-state index < -0.39 is 0 Å². The molecule has 0 spiro atoms. The van der Waals surface area contributed by atoms with Gasteiger partial charge in [-0.25, -0.2) is 0 Å². The Hall–Kier alpha value is -1.84. The highest BCUT2D eigenvalue weighted by Crippen LogP contribution is 2.24. The fourth-order valence-corrected chi connectivity index (χ4v) is 2.46. The molecule has 0 heterocycles. The molecule has 3 heteroatoms. The number of aliphatic hydroxyl groups excluding tert-OH is 1. The second-order valence-corrected chi connectivity index (χ2v) is 5.37. The number of nitrogens with one attached hydrogen (secondary N) is 1. The fraction of sp³-hybridized carbons (Fsp3) is 0.333. The van der Waals surface area contributed by atoms with E-state index in [-0.39, 0.29) is 18.4 Å². The molecule has 0 saturated carbocycles. The van der Waals surface area contributed by atoms with Crippen LogP contribution < -0.4 is 5.32 Å². The first kappa shape index (κ1) is 15.5. The van der Waals surface area contributed by atoms with E-state index in [0.717, 1.165) is 18.4 Å². The van der Waals surface area contributed by atoms with E-state index >= 15 is 0 Å². The Balaban J connectivity index is 2.20. The average Bonchev–Trinajstić information content (AvgIpc) is 2.52. The molecule has 21 heavy (non-hydrogen) atoms. The summed E-state index contributed by atoms with van der Waals surface area (Å²) < 4.78 is 0. The number of benzene rings is 2. The summed E-state index contributed by atoms with van der Waals surface area (Å²) in [6.45, 7) is 2.35. The molecule has 0 bridgehead atoms. The monoisotopic (exact) mass is 285 g/mol. The van der Waals surface area contributed by atoms with Crippen molar-refractivity contribution in [2.45, 2.75) is 31.8 Å². The van der Waals surface area contributed by atoms with Gasteiger partial charge in [-0.15, -0.1) is 0 Å². The van der Waals surface area contributed by atoms with Crippen molar-refractivity contribution in [2.24, 2.45) is 0 Å². The van der Waals surface area contributed by atoms with Gasteiger partial charge in [0.25, 0.3) is 0 Å². The smallest absolute Gasteiger partial charge is 0.115 e. The van der Waals surface area contributed by atoms with Gasteiger partial charge < -0.3 is 15.5 Å². The minimum atomic E-state index is 0.0838. The Morgan fingerprint density at radius 1 is 0.952 bits per heavy atom. The summed E-state index contributed by atoms with van der Waals surface area (Å²) in [5.74, 6) is 0.277. The van der Waals surface area contributed by atoms with Gasteiger partial charge in [0.1, 0.15) is 5.75 Å². The summed E-state index contributed by atoms with van der Waals surface area (Å²) in [5, 5.41) is 22.0. The number of hydrogen-bond donors (Lipinski definition) is 3. The Bertz CT molecular complexity index is 525. The number of hydrogen-bond acceptors (Lipinski definition) is 3. The molecule has 0 aliphatic heterocycles. The molecular formula is C18H23NO2. The van der Waals surface area contributed by atoms with Crippen LogP contribution in [0.1, 0.15) is 36.9 Å². The highest BCUT2D eigenvalue weighted by Gasteiger charge is 2.16. The van der Waals surface area contributed by atoms with Crippen LogP contribution in [0.3, 0.4) is 0 Å². The molecule has 2 unspecified atom stereocenters. The lowest BCUT2D eigenvalue weighted by molar-refractivity contribution is 0.275. The van der Waals surface area contributed by atoms with Crippen LogP contribution in [-0.2, 0) is 0 Å². The lowest BCUT2D eigenvalue weighted by atomic mass is 9.97. The van der Waals surface area contributed by atoms with E-state index in [2.05, 4.69) is 24.4 Å². The molecule has 2 atom stereocenters. The molecular weight excluding hydrogens is 262 g/mol. The second kappa shape index (κ2) is 7.81. The zero-order chi connectivity index (χ0) is 15.1. The second-order valence-electron chi connectivity index (χ2n) is 5.37. The van der Waals surface area contributed by atoms with Crippen molar-refractivity contribution in [3.05, 3.63) is 65.7 Å². The summed E-state index contributed by atoms with van der Waals surface area (Å²) in [4.78, 5) is 0. The van der Waals surface area contributed by atoms with E-state index in [4.69, 9.17) is 5.11 Å². The third kappa shape index (κ3) is 4.59. The van der Waals surface area contributed by atoms with Crippen molar-refractivity contribution in [1.29, 1.82) is 0 Å². The number of aromatic hydroxyl groups is 1. The van der Waals surface area contributed by atoms with Crippen molar-refractivity contribution in [2.75, 3.05) is 6.61 Å². The van der Waals surface area contributed by atoms with Gasteiger partial charge in [0.2, 0.25) is 0 Å². The van der Waals surface area contributed by atoms with E-state index in [1.165, 1.54) is 5.56 Å². The van der Waals surface area contributed by atoms with Crippen molar-refractivity contribution in [3.63, 3.8) is 0 Å². The number of rotatable bonds is 7. The zero-order valence-corrected chi connectivity index (χ0v) is 12.4. The predicted molar refractivity (Wildman–Crippen MR) is 85.3 cm³/mol. The first-order valence-corrected chi connectivity index (χ1v) is 7.41. The van der Waals surface area contributed by atoms with E-state index in [1.807, 2.05) is 30.3 Å². The van der Waals surface area contributed by atoms with Crippen molar-refractivity contribution >= 4 is 0 Å². The average molecular weight is 285 g/mol. The number of aliphatic hydroxyl groups is 1. The largest absolute Gasteiger partial charge is 0.508 e. The van der Waals surface area contributed by atoms with Crippen LogP contribution in [0.2, 0.25) is 0 Å². The van der Waals surface area contributed by atoms with Crippen LogP contribution in [0.15, 0.2) is 54.6 Å². The van der Waals surface area contributed by atoms with E-state index in [9.17, 15) is 5.11 Å². The molecule has 112 valence electrons. The quantitative estimate of drug-likeness (QED) is 0.732. The number of phenols is 1. The normalized spacial score (nSPS) is 13.8. The minimum absolute atomic E-state index is 0.0838. The Labute approximate surface area is 126 Å². The van der Waals surface area contributed by atoms with Crippen LogP contribution in [0.4, 0.5) is 0 Å². The van der Waals surface area contributed by atoms with E-state index in [1.54, 1.807) is 12.1 Å². The topological polar surface area (TPSA) is 52.5 Å². The maximum Gasteiger partial charge on any atom is 0.115 e. The molecule has 0 aromatic heterocycles. The summed E-state index contributed by atoms with van der Waals surface area (Å²) in [7, 11) is 0. The zero-order valence-electron chi connectivity index (χ0n) is 12.4. The summed E-state index contributed by atoms with van der Waals surface area (Å²) in [6.07, 6.45) is 1.73. The van der Waals surface area contributed by atoms with Gasteiger partial charge in [-0.3, -0.25) is 0 Å². The lowest BCUT2D eigenvalue weighted by Gasteiger charge is -2.24. The summed E-state index contributed by atoms with van der Waals surface area (Å²) >= 11 is 0. The molecule has 2 aromatic carbocycles. The third-order valence-electron chi connectivity index (χ3n) is 3.61. The molecule has 0 amide bonds. The first-order chi connectivity index (χ1) is 10.2. The molecule has 0 aliphatic carbocycles. The SMILES string of the molecule is CC(CCCO)NC(c1ccccc1)c1ccc(O)cc1. The maximum absolute atomic E-state index is 9.46. The Morgan fingerprint density at radius 3 is 2.19 bits per heavy atom. The van der Waals surface area contributed by atoms with E-state index in [0.29, 0.717) is 6.04 Å². The van der Waals surface area contributed by atoms with Gasteiger partial charge in [-0.05, 0) is 43.0 Å². The molecule has 0 fully saturated rings. The van der Waals surface area contributed by atoms with Gasteiger partial charge in [0, 0.05) is 12.6 Å². The maximum atomic E-state index is 9.46.